The van der Waals surface area contributed by atoms with Gasteiger partial charge in [-0.25, -0.2) is 13.1 Å². The molecule has 5 nitrogen and oxygen atoms in total. The van der Waals surface area contributed by atoms with Gasteiger partial charge in [-0.3, -0.25) is 0 Å². The number of halogens is 1. The van der Waals surface area contributed by atoms with E-state index in [1.54, 1.807) is 6.07 Å². The number of ether oxygens (including phenoxy) is 1. The molecule has 0 radical (unpaired) electrons. The molecule has 0 saturated carbocycles. The summed E-state index contributed by atoms with van der Waals surface area (Å²) in [5.74, 6) is 0. The van der Waals surface area contributed by atoms with Crippen LogP contribution in [0.25, 0.3) is 0 Å². The summed E-state index contributed by atoms with van der Waals surface area (Å²) in [4.78, 5) is 0.161. The van der Waals surface area contributed by atoms with E-state index in [0.29, 0.717) is 24.5 Å². The van der Waals surface area contributed by atoms with Crippen LogP contribution in [0.4, 0.5) is 0 Å². The molecule has 1 saturated heterocycles. The average molecular weight is 333 g/mol. The summed E-state index contributed by atoms with van der Waals surface area (Å²) < 4.78 is 33.2. The molecular formula is C14H21ClN2O3S. The van der Waals surface area contributed by atoms with Crippen molar-refractivity contribution in [1.82, 2.24) is 4.72 Å². The van der Waals surface area contributed by atoms with Crippen molar-refractivity contribution in [3.8, 4) is 0 Å². The lowest BCUT2D eigenvalue weighted by molar-refractivity contribution is -0.0599. The van der Waals surface area contributed by atoms with Crippen LogP contribution < -0.4 is 10.5 Å². The van der Waals surface area contributed by atoms with E-state index in [1.165, 1.54) is 12.1 Å². The fraction of sp³-hybridized carbons (Fsp3) is 0.571. The third-order valence-electron chi connectivity index (χ3n) is 3.57. The molecule has 0 spiro atoms. The molecule has 7 heteroatoms. The van der Waals surface area contributed by atoms with Gasteiger partial charge in [0, 0.05) is 24.2 Å². The van der Waals surface area contributed by atoms with E-state index in [0.717, 1.165) is 5.56 Å². The van der Waals surface area contributed by atoms with Crippen molar-refractivity contribution < 1.29 is 13.2 Å². The van der Waals surface area contributed by atoms with Gasteiger partial charge in [-0.15, -0.1) is 0 Å². The Bertz CT molecular complexity index is 617. The first-order valence-corrected chi connectivity index (χ1v) is 8.74. The monoisotopic (exact) mass is 332 g/mol. The van der Waals surface area contributed by atoms with Crippen LogP contribution in [-0.4, -0.2) is 26.7 Å². The highest BCUT2D eigenvalue weighted by atomic mass is 35.5. The van der Waals surface area contributed by atoms with Crippen molar-refractivity contribution in [3.05, 3.63) is 28.8 Å². The third kappa shape index (κ3) is 4.17. The molecule has 1 heterocycles. The molecule has 3 N–H and O–H groups in total. The standard InChI is InChI=1S/C14H21ClN2O3S/c1-14(2)8-11(5-6-20-14)17-21(18,19)12-4-3-10(9-16)13(15)7-12/h3-4,7,11,17H,5-6,8-9,16H2,1-2H3. The molecule has 1 unspecified atom stereocenters. The SMILES string of the molecule is CC1(C)CC(NS(=O)(=O)c2ccc(CN)c(Cl)c2)CCO1. The maximum atomic E-state index is 12.4. The fourth-order valence-electron chi connectivity index (χ4n) is 2.48. The predicted octanol–water partition coefficient (Wildman–Crippen LogP) is 2.03. The summed E-state index contributed by atoms with van der Waals surface area (Å²) >= 11 is 6.03. The summed E-state index contributed by atoms with van der Waals surface area (Å²) in [5.41, 5.74) is 5.94. The molecular weight excluding hydrogens is 312 g/mol. The van der Waals surface area contributed by atoms with E-state index < -0.39 is 10.0 Å². The maximum Gasteiger partial charge on any atom is 0.240 e. The fourth-order valence-corrected chi connectivity index (χ4v) is 4.10. The first kappa shape index (κ1) is 16.7. The summed E-state index contributed by atoms with van der Waals surface area (Å²) in [7, 11) is -3.59. The highest BCUT2D eigenvalue weighted by Crippen LogP contribution is 2.26. The Morgan fingerprint density at radius 1 is 1.48 bits per heavy atom. The lowest BCUT2D eigenvalue weighted by Crippen LogP contribution is -2.45. The van der Waals surface area contributed by atoms with E-state index in [2.05, 4.69) is 4.72 Å². The Morgan fingerprint density at radius 2 is 2.19 bits per heavy atom. The van der Waals surface area contributed by atoms with Gasteiger partial charge in [0.2, 0.25) is 10.0 Å². The Morgan fingerprint density at radius 3 is 2.76 bits per heavy atom. The number of hydrogen-bond donors (Lipinski definition) is 2. The van der Waals surface area contributed by atoms with E-state index in [1.807, 2.05) is 13.8 Å². The molecule has 1 atom stereocenters. The van der Waals surface area contributed by atoms with Gasteiger partial charge in [0.1, 0.15) is 0 Å². The first-order chi connectivity index (χ1) is 9.73. The summed E-state index contributed by atoms with van der Waals surface area (Å²) in [6.07, 6.45) is 1.30. The first-order valence-electron chi connectivity index (χ1n) is 6.88. The molecule has 0 aromatic heterocycles. The number of rotatable bonds is 4. The molecule has 1 aliphatic rings. The van der Waals surface area contributed by atoms with E-state index in [4.69, 9.17) is 22.1 Å². The molecule has 1 aromatic rings. The molecule has 21 heavy (non-hydrogen) atoms. The van der Waals surface area contributed by atoms with Gasteiger partial charge in [0.25, 0.3) is 0 Å². The van der Waals surface area contributed by atoms with Crippen LogP contribution in [0.1, 0.15) is 32.3 Å². The van der Waals surface area contributed by atoms with Gasteiger partial charge in [0.15, 0.2) is 0 Å². The Kier molecular flexibility index (Phi) is 4.95. The lowest BCUT2D eigenvalue weighted by Gasteiger charge is -2.35. The Hall–Kier alpha value is -0.660. The van der Waals surface area contributed by atoms with Gasteiger partial charge in [-0.2, -0.15) is 0 Å². The molecule has 1 fully saturated rings. The topological polar surface area (TPSA) is 81.4 Å². The second-order valence-electron chi connectivity index (χ2n) is 5.88. The average Bonchev–Trinajstić information content (AvgIpc) is 2.36. The van der Waals surface area contributed by atoms with Crippen molar-refractivity contribution in [2.24, 2.45) is 5.73 Å². The third-order valence-corrected chi connectivity index (χ3v) is 5.44. The maximum absolute atomic E-state index is 12.4. The largest absolute Gasteiger partial charge is 0.375 e. The number of benzene rings is 1. The van der Waals surface area contributed by atoms with Crippen LogP contribution >= 0.6 is 11.6 Å². The van der Waals surface area contributed by atoms with E-state index in [9.17, 15) is 8.42 Å². The quantitative estimate of drug-likeness (QED) is 0.884. The number of hydrogen-bond acceptors (Lipinski definition) is 4. The molecule has 2 rings (SSSR count). The van der Waals surface area contributed by atoms with Gasteiger partial charge >= 0.3 is 0 Å². The van der Waals surface area contributed by atoms with E-state index in [-0.39, 0.29) is 23.1 Å². The number of sulfonamides is 1. The van der Waals surface area contributed by atoms with Gasteiger partial charge in [-0.1, -0.05) is 17.7 Å². The molecule has 0 bridgehead atoms. The van der Waals surface area contributed by atoms with E-state index >= 15 is 0 Å². The normalized spacial score (nSPS) is 22.2. The van der Waals surface area contributed by atoms with Crippen molar-refractivity contribution in [1.29, 1.82) is 0 Å². The van der Waals surface area contributed by atoms with Crippen molar-refractivity contribution >= 4 is 21.6 Å². The van der Waals surface area contributed by atoms with Crippen LogP contribution in [0.15, 0.2) is 23.1 Å². The van der Waals surface area contributed by atoms with Crippen LogP contribution in [0.5, 0.6) is 0 Å². The number of nitrogens with two attached hydrogens (primary N) is 1. The Labute approximate surface area is 130 Å². The van der Waals surface area contributed by atoms with Gasteiger partial charge in [0.05, 0.1) is 10.5 Å². The van der Waals surface area contributed by atoms with Crippen molar-refractivity contribution in [2.75, 3.05) is 6.61 Å². The second kappa shape index (κ2) is 6.22. The van der Waals surface area contributed by atoms with Gasteiger partial charge in [-0.05, 0) is 44.4 Å². The highest BCUT2D eigenvalue weighted by Gasteiger charge is 2.31. The number of nitrogens with one attached hydrogen (secondary N) is 1. The van der Waals surface area contributed by atoms with Crippen LogP contribution in [0.2, 0.25) is 5.02 Å². The zero-order valence-electron chi connectivity index (χ0n) is 12.2. The lowest BCUT2D eigenvalue weighted by atomic mass is 9.95. The summed E-state index contributed by atoms with van der Waals surface area (Å²) in [5, 5.41) is 0.368. The minimum atomic E-state index is -3.59. The minimum Gasteiger partial charge on any atom is -0.375 e. The van der Waals surface area contributed by atoms with Crippen molar-refractivity contribution in [3.63, 3.8) is 0 Å². The summed E-state index contributed by atoms with van der Waals surface area (Å²) in [6, 6.07) is 4.48. The molecule has 118 valence electrons. The van der Waals surface area contributed by atoms with Crippen LogP contribution in [-0.2, 0) is 21.3 Å². The smallest absolute Gasteiger partial charge is 0.240 e. The second-order valence-corrected chi connectivity index (χ2v) is 8.00. The highest BCUT2D eigenvalue weighted by molar-refractivity contribution is 7.89. The molecule has 1 aliphatic heterocycles. The molecule has 1 aromatic carbocycles. The minimum absolute atomic E-state index is 0.133. The van der Waals surface area contributed by atoms with Gasteiger partial charge < -0.3 is 10.5 Å². The zero-order chi connectivity index (χ0) is 15.7. The zero-order valence-corrected chi connectivity index (χ0v) is 13.8. The molecule has 0 amide bonds. The van der Waals surface area contributed by atoms with Crippen LogP contribution in [0, 0.1) is 0 Å². The Balaban J connectivity index is 2.17. The summed E-state index contributed by atoms with van der Waals surface area (Å²) in [6.45, 7) is 4.74. The molecule has 0 aliphatic carbocycles. The predicted molar refractivity (Wildman–Crippen MR) is 82.7 cm³/mol. The van der Waals surface area contributed by atoms with Crippen molar-refractivity contribution in [2.45, 2.75) is 49.8 Å². The van der Waals surface area contributed by atoms with Crippen LogP contribution in [0.3, 0.4) is 0 Å².